The second-order valence-electron chi connectivity index (χ2n) is 4.88. The van der Waals surface area contributed by atoms with E-state index in [9.17, 15) is 0 Å². The van der Waals surface area contributed by atoms with Crippen LogP contribution < -0.4 is 11.1 Å². The molecule has 1 fully saturated rings. The van der Waals surface area contributed by atoms with E-state index in [0.29, 0.717) is 5.69 Å². The number of aromatic nitrogens is 4. The van der Waals surface area contributed by atoms with Gasteiger partial charge in [0.1, 0.15) is 11.2 Å². The molecule has 0 unspecified atom stereocenters. The van der Waals surface area contributed by atoms with Gasteiger partial charge in [0.15, 0.2) is 5.01 Å². The van der Waals surface area contributed by atoms with Crippen molar-refractivity contribution in [2.24, 2.45) is 0 Å². The number of anilines is 1. The largest absolute Gasteiger partial charge is 0.398 e. The number of nitrogen functional groups attached to an aromatic ring is 1. The Balaban J connectivity index is 0.000000186. The summed E-state index contributed by atoms with van der Waals surface area (Å²) < 4.78 is 0. The smallest absolute Gasteiger partial charge is 0.151 e. The van der Waals surface area contributed by atoms with E-state index in [0.717, 1.165) is 21.6 Å². The van der Waals surface area contributed by atoms with Crippen LogP contribution in [0.1, 0.15) is 19.3 Å². The summed E-state index contributed by atoms with van der Waals surface area (Å²) >= 11 is 1.45. The van der Waals surface area contributed by atoms with Crippen LogP contribution in [-0.2, 0) is 0 Å². The van der Waals surface area contributed by atoms with Crippen LogP contribution in [0.5, 0.6) is 0 Å². The standard InChI is InChI=1S/C9H7N5S.C5H11N/c10-7-5-1-2-11-8(5)12-3-6(7)9-14-13-4-15-9;1-2-4-6-5-3-1/h1-4H,(H3,10,11,12);6H,1-5H2. The van der Waals surface area contributed by atoms with Crippen molar-refractivity contribution >= 4 is 28.1 Å². The molecule has 0 radical (unpaired) electrons. The fourth-order valence-corrected chi connectivity index (χ4v) is 2.87. The zero-order chi connectivity index (χ0) is 14.5. The van der Waals surface area contributed by atoms with Gasteiger partial charge >= 0.3 is 0 Å². The SMILES string of the molecule is C1CCNCC1.Nc1c(-c2nncs2)cnc2[nH]ccc12. The third-order valence-corrected chi connectivity index (χ3v) is 4.15. The Kier molecular flexibility index (Phi) is 4.42. The molecular formula is C14H18N6S. The lowest BCUT2D eigenvalue weighted by Crippen LogP contribution is -2.21. The number of fused-ring (bicyclic) bond motifs is 1. The molecular weight excluding hydrogens is 284 g/mol. The Morgan fingerprint density at radius 3 is 2.67 bits per heavy atom. The molecule has 0 atom stereocenters. The minimum absolute atomic E-state index is 0.693. The lowest BCUT2D eigenvalue weighted by atomic mass is 10.2. The van der Waals surface area contributed by atoms with Crippen molar-refractivity contribution in [3.8, 4) is 10.6 Å². The molecule has 0 amide bonds. The maximum Gasteiger partial charge on any atom is 0.151 e. The molecule has 0 aromatic carbocycles. The van der Waals surface area contributed by atoms with E-state index in [2.05, 4.69) is 25.5 Å². The summed E-state index contributed by atoms with van der Waals surface area (Å²) in [5, 5.41) is 12.8. The Morgan fingerprint density at radius 2 is 2.05 bits per heavy atom. The first-order valence-electron chi connectivity index (χ1n) is 7.05. The molecule has 1 aliphatic rings. The van der Waals surface area contributed by atoms with Crippen LogP contribution >= 0.6 is 11.3 Å². The molecule has 3 aromatic heterocycles. The number of nitrogens with one attached hydrogen (secondary N) is 2. The Labute approximate surface area is 126 Å². The predicted octanol–water partition coefficient (Wildman–Crippen LogP) is 2.42. The van der Waals surface area contributed by atoms with E-state index in [4.69, 9.17) is 5.73 Å². The lowest BCUT2D eigenvalue weighted by Gasteiger charge is -2.08. The number of nitrogens with zero attached hydrogens (tertiary/aromatic N) is 3. The van der Waals surface area contributed by atoms with Gasteiger partial charge < -0.3 is 16.0 Å². The van der Waals surface area contributed by atoms with Gasteiger partial charge in [0.05, 0.1) is 11.3 Å². The summed E-state index contributed by atoms with van der Waals surface area (Å²) in [6.07, 6.45) is 7.75. The van der Waals surface area contributed by atoms with Crippen molar-refractivity contribution in [3.63, 3.8) is 0 Å². The van der Waals surface area contributed by atoms with Crippen LogP contribution in [0, 0.1) is 0 Å². The summed E-state index contributed by atoms with van der Waals surface area (Å²) in [6.45, 7) is 2.50. The third kappa shape index (κ3) is 3.20. The van der Waals surface area contributed by atoms with Crippen molar-refractivity contribution in [3.05, 3.63) is 24.0 Å². The topological polar surface area (TPSA) is 92.5 Å². The van der Waals surface area contributed by atoms with E-state index >= 15 is 0 Å². The van der Waals surface area contributed by atoms with Crippen LogP contribution in [0.25, 0.3) is 21.6 Å². The second-order valence-corrected chi connectivity index (χ2v) is 5.71. The highest BCUT2D eigenvalue weighted by Gasteiger charge is 2.10. The maximum atomic E-state index is 6.03. The molecule has 1 aliphatic heterocycles. The van der Waals surface area contributed by atoms with Gasteiger partial charge in [-0.1, -0.05) is 17.8 Å². The molecule has 4 heterocycles. The zero-order valence-corrected chi connectivity index (χ0v) is 12.5. The molecule has 4 rings (SSSR count). The highest BCUT2D eigenvalue weighted by Crippen LogP contribution is 2.30. The first kappa shape index (κ1) is 14.0. The summed E-state index contributed by atoms with van der Waals surface area (Å²) in [5.74, 6) is 0. The monoisotopic (exact) mass is 302 g/mol. The van der Waals surface area contributed by atoms with Crippen molar-refractivity contribution < 1.29 is 0 Å². The van der Waals surface area contributed by atoms with Gasteiger partial charge in [0.25, 0.3) is 0 Å². The molecule has 0 aliphatic carbocycles. The van der Waals surface area contributed by atoms with Crippen LogP contribution in [0.15, 0.2) is 24.0 Å². The van der Waals surface area contributed by atoms with Crippen LogP contribution in [0.4, 0.5) is 5.69 Å². The molecule has 0 bridgehead atoms. The number of hydrogen-bond acceptors (Lipinski definition) is 6. The molecule has 110 valence electrons. The zero-order valence-electron chi connectivity index (χ0n) is 11.7. The van der Waals surface area contributed by atoms with Crippen LogP contribution in [0.2, 0.25) is 0 Å². The van der Waals surface area contributed by atoms with Crippen molar-refractivity contribution in [1.82, 2.24) is 25.5 Å². The van der Waals surface area contributed by atoms with Gasteiger partial charge in [-0.15, -0.1) is 10.2 Å². The average Bonchev–Trinajstić information content (AvgIpc) is 3.21. The number of nitrogens with two attached hydrogens (primary N) is 1. The van der Waals surface area contributed by atoms with Gasteiger partial charge in [-0.3, -0.25) is 0 Å². The van der Waals surface area contributed by atoms with Crippen LogP contribution in [-0.4, -0.2) is 33.3 Å². The molecule has 1 saturated heterocycles. The van der Waals surface area contributed by atoms with E-state index in [1.165, 1.54) is 43.7 Å². The van der Waals surface area contributed by atoms with E-state index in [-0.39, 0.29) is 0 Å². The highest BCUT2D eigenvalue weighted by atomic mass is 32.1. The van der Waals surface area contributed by atoms with Gasteiger partial charge in [-0.05, 0) is 32.0 Å². The number of aromatic amines is 1. The summed E-state index contributed by atoms with van der Waals surface area (Å²) in [7, 11) is 0. The predicted molar refractivity (Wildman–Crippen MR) is 86.1 cm³/mol. The van der Waals surface area contributed by atoms with Crippen molar-refractivity contribution in [2.45, 2.75) is 19.3 Å². The van der Waals surface area contributed by atoms with Gasteiger partial charge in [-0.2, -0.15) is 0 Å². The minimum Gasteiger partial charge on any atom is -0.398 e. The summed E-state index contributed by atoms with van der Waals surface area (Å²) in [5.41, 5.74) is 10.0. The fraction of sp³-hybridized carbons (Fsp3) is 0.357. The van der Waals surface area contributed by atoms with Gasteiger partial charge in [0.2, 0.25) is 0 Å². The van der Waals surface area contributed by atoms with Crippen molar-refractivity contribution in [2.75, 3.05) is 18.8 Å². The quantitative estimate of drug-likeness (QED) is 0.642. The summed E-state index contributed by atoms with van der Waals surface area (Å²) in [6, 6.07) is 1.90. The van der Waals surface area contributed by atoms with E-state index in [1.807, 2.05) is 12.3 Å². The highest BCUT2D eigenvalue weighted by molar-refractivity contribution is 7.12. The maximum absolute atomic E-state index is 6.03. The van der Waals surface area contributed by atoms with Crippen LogP contribution in [0.3, 0.4) is 0 Å². The Hall–Kier alpha value is -1.99. The fourth-order valence-electron chi connectivity index (χ4n) is 2.29. The normalized spacial score (nSPS) is 14.7. The first-order valence-corrected chi connectivity index (χ1v) is 7.93. The molecule has 3 aromatic rings. The number of hydrogen-bond donors (Lipinski definition) is 3. The molecule has 0 saturated carbocycles. The Bertz CT molecular complexity index is 675. The minimum atomic E-state index is 0.693. The number of piperidine rings is 1. The number of pyridine rings is 1. The molecule has 7 heteroatoms. The average molecular weight is 302 g/mol. The van der Waals surface area contributed by atoms with Crippen molar-refractivity contribution in [1.29, 1.82) is 0 Å². The number of rotatable bonds is 1. The van der Waals surface area contributed by atoms with Gasteiger partial charge in [0, 0.05) is 17.8 Å². The number of H-pyrrole nitrogens is 1. The van der Waals surface area contributed by atoms with Gasteiger partial charge in [-0.25, -0.2) is 4.98 Å². The third-order valence-electron chi connectivity index (χ3n) is 3.43. The lowest BCUT2D eigenvalue weighted by molar-refractivity contribution is 0.520. The molecule has 4 N–H and O–H groups in total. The van der Waals surface area contributed by atoms with E-state index < -0.39 is 0 Å². The molecule has 6 nitrogen and oxygen atoms in total. The molecule has 0 spiro atoms. The first-order chi connectivity index (χ1) is 10.4. The van der Waals surface area contributed by atoms with E-state index in [1.54, 1.807) is 11.7 Å². The molecule has 21 heavy (non-hydrogen) atoms. The second kappa shape index (κ2) is 6.64. The Morgan fingerprint density at radius 1 is 1.19 bits per heavy atom. The summed E-state index contributed by atoms with van der Waals surface area (Å²) in [4.78, 5) is 7.27.